The summed E-state index contributed by atoms with van der Waals surface area (Å²) >= 11 is 5.66. The van der Waals surface area contributed by atoms with Gasteiger partial charge in [0.2, 0.25) is 5.78 Å². The van der Waals surface area contributed by atoms with Gasteiger partial charge in [-0.3, -0.25) is 28.8 Å². The summed E-state index contributed by atoms with van der Waals surface area (Å²) in [4.78, 5) is 58.4. The number of nitro benzene ring substituents is 1. The zero-order valence-corrected chi connectivity index (χ0v) is 14.8. The number of hydrogen-bond donors (Lipinski definition) is 1. The molecule has 0 amide bonds. The number of aromatic nitrogens is 2. The standard InChI is InChI=1S/C15H13ClN4O7/c1-18-12(17)11(13(22)19(2)15(18)24)10(21)6-27-14(23)8-4-3-7(16)5-9(8)20(25)26/h3-5H,6,17H2,1-2H3. The van der Waals surface area contributed by atoms with E-state index in [1.54, 1.807) is 0 Å². The maximum Gasteiger partial charge on any atom is 0.345 e. The van der Waals surface area contributed by atoms with Crippen molar-refractivity contribution in [2.45, 2.75) is 0 Å². The molecule has 0 saturated carbocycles. The summed E-state index contributed by atoms with van der Waals surface area (Å²) in [5.74, 6) is -2.51. The van der Waals surface area contributed by atoms with E-state index < -0.39 is 51.3 Å². The summed E-state index contributed by atoms with van der Waals surface area (Å²) in [6.07, 6.45) is 0. The van der Waals surface area contributed by atoms with Crippen molar-refractivity contribution in [3.05, 3.63) is 65.3 Å². The summed E-state index contributed by atoms with van der Waals surface area (Å²) in [5, 5.41) is 11.1. The maximum atomic E-state index is 12.3. The maximum absolute atomic E-state index is 12.3. The van der Waals surface area contributed by atoms with Gasteiger partial charge in [0.15, 0.2) is 6.61 Å². The second-order valence-corrected chi connectivity index (χ2v) is 5.82. The molecule has 0 spiro atoms. The number of nitrogens with two attached hydrogens (primary N) is 1. The van der Waals surface area contributed by atoms with Gasteiger partial charge in [-0.2, -0.15) is 0 Å². The number of ketones is 1. The van der Waals surface area contributed by atoms with Crippen molar-refractivity contribution < 1.29 is 19.2 Å². The molecule has 0 aliphatic heterocycles. The number of benzene rings is 1. The normalized spacial score (nSPS) is 10.5. The fourth-order valence-electron chi connectivity index (χ4n) is 2.23. The molecule has 27 heavy (non-hydrogen) atoms. The molecule has 0 saturated heterocycles. The number of nitrogens with zero attached hydrogens (tertiary/aromatic N) is 3. The van der Waals surface area contributed by atoms with Crippen LogP contribution in [0, 0.1) is 10.1 Å². The lowest BCUT2D eigenvalue weighted by molar-refractivity contribution is -0.385. The molecule has 1 aromatic heterocycles. The Hall–Kier alpha value is -3.47. The first kappa shape index (κ1) is 19.8. The number of Topliss-reactive ketones (excluding diaryl/α,β-unsaturated/α-hetero) is 1. The summed E-state index contributed by atoms with van der Waals surface area (Å²) in [7, 11) is 2.42. The summed E-state index contributed by atoms with van der Waals surface area (Å²) in [5.41, 5.74) is 2.41. The molecular weight excluding hydrogens is 384 g/mol. The molecule has 0 atom stereocenters. The average Bonchev–Trinajstić information content (AvgIpc) is 2.62. The average molecular weight is 397 g/mol. The largest absolute Gasteiger partial charge is 0.453 e. The number of esters is 1. The Morgan fingerprint density at radius 2 is 1.89 bits per heavy atom. The quantitative estimate of drug-likeness (QED) is 0.326. The molecule has 2 N–H and O–H groups in total. The van der Waals surface area contributed by atoms with E-state index >= 15 is 0 Å². The van der Waals surface area contributed by atoms with Crippen molar-refractivity contribution in [2.24, 2.45) is 14.1 Å². The number of halogens is 1. The van der Waals surface area contributed by atoms with E-state index in [4.69, 9.17) is 22.1 Å². The number of carbonyl (C=O) groups excluding carboxylic acids is 2. The van der Waals surface area contributed by atoms with Gasteiger partial charge in [0.05, 0.1) is 4.92 Å². The van der Waals surface area contributed by atoms with Gasteiger partial charge in [0.25, 0.3) is 11.2 Å². The predicted octanol–water partition coefficient (Wildman–Crippen LogP) is 0.267. The molecule has 0 fully saturated rings. The molecule has 1 heterocycles. The van der Waals surface area contributed by atoms with Crippen LogP contribution in [0.15, 0.2) is 27.8 Å². The molecule has 12 heteroatoms. The molecule has 0 radical (unpaired) electrons. The van der Waals surface area contributed by atoms with Gasteiger partial charge in [-0.1, -0.05) is 11.6 Å². The first-order chi connectivity index (χ1) is 12.6. The van der Waals surface area contributed by atoms with Crippen molar-refractivity contribution in [3.8, 4) is 0 Å². The SMILES string of the molecule is Cn1c(N)c(C(=O)COC(=O)c2ccc(Cl)cc2[N+](=O)[O-])c(=O)n(C)c1=O. The van der Waals surface area contributed by atoms with Gasteiger partial charge in [-0.05, 0) is 12.1 Å². The van der Waals surface area contributed by atoms with Gasteiger partial charge >= 0.3 is 11.7 Å². The molecule has 2 rings (SSSR count). The summed E-state index contributed by atoms with van der Waals surface area (Å²) < 4.78 is 6.33. The highest BCUT2D eigenvalue weighted by molar-refractivity contribution is 6.31. The topological polar surface area (TPSA) is 157 Å². The number of nitro groups is 1. The van der Waals surface area contributed by atoms with Crippen molar-refractivity contribution in [2.75, 3.05) is 12.3 Å². The minimum absolute atomic E-state index is 0.0378. The highest BCUT2D eigenvalue weighted by atomic mass is 35.5. The zero-order valence-electron chi connectivity index (χ0n) is 14.1. The van der Waals surface area contributed by atoms with Crippen LogP contribution >= 0.6 is 11.6 Å². The van der Waals surface area contributed by atoms with Crippen LogP contribution in [-0.2, 0) is 18.8 Å². The van der Waals surface area contributed by atoms with Gasteiger partial charge in [0.1, 0.15) is 16.9 Å². The lowest BCUT2D eigenvalue weighted by Gasteiger charge is -2.11. The molecule has 0 aliphatic rings. The monoisotopic (exact) mass is 396 g/mol. The number of nitrogen functional groups attached to an aromatic ring is 1. The molecule has 0 unspecified atom stereocenters. The van der Waals surface area contributed by atoms with Crippen LogP contribution in [0.1, 0.15) is 20.7 Å². The second-order valence-electron chi connectivity index (χ2n) is 5.38. The van der Waals surface area contributed by atoms with Crippen molar-refractivity contribution >= 4 is 34.9 Å². The third-order valence-electron chi connectivity index (χ3n) is 3.70. The Balaban J connectivity index is 2.30. The van der Waals surface area contributed by atoms with Crippen LogP contribution < -0.4 is 17.0 Å². The van der Waals surface area contributed by atoms with E-state index in [0.29, 0.717) is 4.57 Å². The number of carbonyl (C=O) groups is 2. The van der Waals surface area contributed by atoms with E-state index in [9.17, 15) is 29.3 Å². The van der Waals surface area contributed by atoms with Gasteiger partial charge in [-0.25, -0.2) is 9.59 Å². The van der Waals surface area contributed by atoms with E-state index in [2.05, 4.69) is 0 Å². The minimum atomic E-state index is -1.16. The van der Waals surface area contributed by atoms with E-state index in [0.717, 1.165) is 23.7 Å². The highest BCUT2D eigenvalue weighted by Gasteiger charge is 2.25. The van der Waals surface area contributed by atoms with Gasteiger partial charge in [-0.15, -0.1) is 0 Å². The molecule has 0 aliphatic carbocycles. The predicted molar refractivity (Wildman–Crippen MR) is 94.1 cm³/mol. The Kier molecular flexibility index (Phi) is 5.45. The van der Waals surface area contributed by atoms with Crippen molar-refractivity contribution in [3.63, 3.8) is 0 Å². The first-order valence-electron chi connectivity index (χ1n) is 7.26. The van der Waals surface area contributed by atoms with Crippen LogP contribution in [0.2, 0.25) is 5.02 Å². The van der Waals surface area contributed by atoms with Crippen molar-refractivity contribution in [1.82, 2.24) is 9.13 Å². The number of hydrogen-bond acceptors (Lipinski definition) is 8. The van der Waals surface area contributed by atoms with E-state index in [-0.39, 0.29) is 10.8 Å². The Bertz CT molecular complexity index is 1090. The molecule has 1 aromatic carbocycles. The lowest BCUT2D eigenvalue weighted by Crippen LogP contribution is -2.42. The third kappa shape index (κ3) is 3.72. The van der Waals surface area contributed by atoms with Crippen LogP contribution in [0.5, 0.6) is 0 Å². The van der Waals surface area contributed by atoms with Crippen LogP contribution in [0.4, 0.5) is 11.5 Å². The highest BCUT2D eigenvalue weighted by Crippen LogP contribution is 2.24. The van der Waals surface area contributed by atoms with Gasteiger partial charge in [0, 0.05) is 25.2 Å². The summed E-state index contributed by atoms with van der Waals surface area (Å²) in [6, 6.07) is 3.28. The zero-order chi connectivity index (χ0) is 20.5. The molecule has 142 valence electrons. The molecule has 2 aromatic rings. The Labute approximate surface area is 155 Å². The number of anilines is 1. The first-order valence-corrected chi connectivity index (χ1v) is 7.63. The number of rotatable bonds is 5. The van der Waals surface area contributed by atoms with E-state index in [1.165, 1.54) is 13.1 Å². The number of ether oxygens (including phenoxy) is 1. The van der Waals surface area contributed by atoms with E-state index in [1.807, 2.05) is 0 Å². The fraction of sp³-hybridized carbons (Fsp3) is 0.200. The van der Waals surface area contributed by atoms with Gasteiger partial charge < -0.3 is 10.5 Å². The van der Waals surface area contributed by atoms with Crippen LogP contribution in [0.3, 0.4) is 0 Å². The van der Waals surface area contributed by atoms with Crippen LogP contribution in [0.25, 0.3) is 0 Å². The van der Waals surface area contributed by atoms with Crippen LogP contribution in [-0.4, -0.2) is 32.4 Å². The minimum Gasteiger partial charge on any atom is -0.453 e. The smallest absolute Gasteiger partial charge is 0.345 e. The van der Waals surface area contributed by atoms with Crippen molar-refractivity contribution in [1.29, 1.82) is 0 Å². The fourth-order valence-corrected chi connectivity index (χ4v) is 2.40. The Morgan fingerprint density at radius 1 is 1.26 bits per heavy atom. The Morgan fingerprint density at radius 3 is 2.48 bits per heavy atom. The molecule has 0 bridgehead atoms. The lowest BCUT2D eigenvalue weighted by atomic mass is 10.2. The second kappa shape index (κ2) is 7.41. The molecular formula is C15H13ClN4O7. The third-order valence-corrected chi connectivity index (χ3v) is 3.93. The summed E-state index contributed by atoms with van der Waals surface area (Å²) in [6.45, 7) is -0.906. The molecule has 11 nitrogen and oxygen atoms in total.